The third-order valence-electron chi connectivity index (χ3n) is 5.49. The highest BCUT2D eigenvalue weighted by Crippen LogP contribution is 2.22. The van der Waals surface area contributed by atoms with Crippen molar-refractivity contribution in [1.29, 1.82) is 0 Å². The summed E-state index contributed by atoms with van der Waals surface area (Å²) in [5.74, 6) is -0.874. The van der Waals surface area contributed by atoms with Crippen LogP contribution in [0.2, 0.25) is 0 Å². The van der Waals surface area contributed by atoms with Crippen LogP contribution in [0.15, 0.2) is 57.9 Å². The van der Waals surface area contributed by atoms with E-state index in [0.717, 1.165) is 15.6 Å². The number of likely N-dealkylation sites (tertiary alicyclic amines) is 1. The number of hydrogen-bond acceptors (Lipinski definition) is 4. The topological polar surface area (TPSA) is 101 Å². The van der Waals surface area contributed by atoms with Crippen molar-refractivity contribution in [2.45, 2.75) is 31.2 Å². The Balaban J connectivity index is 1.81. The molecule has 0 bridgehead atoms. The molecule has 3 rings (SSSR count). The number of hydrogen-bond donors (Lipinski definition) is 1. The van der Waals surface area contributed by atoms with Crippen LogP contribution >= 0.6 is 15.9 Å². The number of primary amides is 1. The monoisotopic (exact) mass is 507 g/mol. The second-order valence-corrected chi connectivity index (χ2v) is 10.6. The first-order valence-electron chi connectivity index (χ1n) is 10.0. The van der Waals surface area contributed by atoms with Crippen molar-refractivity contribution >= 4 is 37.8 Å². The lowest BCUT2D eigenvalue weighted by Crippen LogP contribution is -2.46. The molecule has 1 saturated heterocycles. The largest absolute Gasteiger partial charge is 0.369 e. The molecule has 2 N–H and O–H groups in total. The number of sulfonamides is 1. The standard InChI is InChI=1S/C22H26BrN3O4S/c1-16-2-8-20(9-3-16)31(29,30)26(14-17-4-6-19(23)7-5-17)15-21(27)25-12-10-18(11-13-25)22(24)28/h2-9,18H,10-15H2,1H3,(H2,24,28). The Morgan fingerprint density at radius 2 is 1.65 bits per heavy atom. The highest BCUT2D eigenvalue weighted by molar-refractivity contribution is 9.10. The highest BCUT2D eigenvalue weighted by atomic mass is 79.9. The smallest absolute Gasteiger partial charge is 0.243 e. The van der Waals surface area contributed by atoms with Crippen LogP contribution in [0.25, 0.3) is 0 Å². The summed E-state index contributed by atoms with van der Waals surface area (Å²) in [7, 11) is -3.88. The van der Waals surface area contributed by atoms with Gasteiger partial charge in [-0.2, -0.15) is 4.31 Å². The van der Waals surface area contributed by atoms with E-state index in [2.05, 4.69) is 15.9 Å². The van der Waals surface area contributed by atoms with E-state index in [1.807, 2.05) is 31.2 Å². The van der Waals surface area contributed by atoms with Gasteiger partial charge in [-0.15, -0.1) is 0 Å². The molecule has 0 spiro atoms. The van der Waals surface area contributed by atoms with Gasteiger partial charge in [0.25, 0.3) is 0 Å². The lowest BCUT2D eigenvalue weighted by Gasteiger charge is -2.32. The Bertz CT molecular complexity index is 1030. The molecule has 0 atom stereocenters. The van der Waals surface area contributed by atoms with Crippen LogP contribution in [0.5, 0.6) is 0 Å². The molecule has 0 unspecified atom stereocenters. The Morgan fingerprint density at radius 1 is 1.06 bits per heavy atom. The van der Waals surface area contributed by atoms with Gasteiger partial charge in [0, 0.05) is 30.0 Å². The van der Waals surface area contributed by atoms with Gasteiger partial charge in [-0.05, 0) is 49.6 Å². The number of carbonyl (C=O) groups is 2. The summed E-state index contributed by atoms with van der Waals surface area (Å²) in [6.45, 7) is 2.47. The van der Waals surface area contributed by atoms with Crippen molar-refractivity contribution in [2.24, 2.45) is 11.7 Å². The SMILES string of the molecule is Cc1ccc(S(=O)(=O)N(CC(=O)N2CCC(C(N)=O)CC2)Cc2ccc(Br)cc2)cc1. The molecule has 2 aromatic carbocycles. The van der Waals surface area contributed by atoms with Gasteiger partial charge in [0.05, 0.1) is 11.4 Å². The Labute approximate surface area is 191 Å². The first-order valence-corrected chi connectivity index (χ1v) is 12.3. The van der Waals surface area contributed by atoms with Crippen LogP contribution in [0.3, 0.4) is 0 Å². The van der Waals surface area contributed by atoms with E-state index in [1.54, 1.807) is 29.2 Å². The molecule has 166 valence electrons. The first-order chi connectivity index (χ1) is 14.7. The maximum atomic E-state index is 13.4. The number of benzene rings is 2. The van der Waals surface area contributed by atoms with Crippen LogP contribution in [0, 0.1) is 12.8 Å². The number of piperidine rings is 1. The van der Waals surface area contributed by atoms with Gasteiger partial charge in [-0.1, -0.05) is 45.8 Å². The minimum atomic E-state index is -3.88. The highest BCUT2D eigenvalue weighted by Gasteiger charge is 2.31. The van der Waals surface area contributed by atoms with E-state index < -0.39 is 10.0 Å². The van der Waals surface area contributed by atoms with Gasteiger partial charge in [0.1, 0.15) is 0 Å². The molecule has 1 fully saturated rings. The van der Waals surface area contributed by atoms with E-state index in [9.17, 15) is 18.0 Å². The Kier molecular flexibility index (Phi) is 7.51. The maximum absolute atomic E-state index is 13.4. The normalized spacial score (nSPS) is 15.3. The number of amides is 2. The van der Waals surface area contributed by atoms with Crippen LogP contribution in [0.4, 0.5) is 0 Å². The Morgan fingerprint density at radius 3 is 2.19 bits per heavy atom. The average molecular weight is 508 g/mol. The van der Waals surface area contributed by atoms with Crippen molar-refractivity contribution in [3.05, 3.63) is 64.1 Å². The minimum absolute atomic E-state index is 0.0764. The van der Waals surface area contributed by atoms with Gasteiger partial charge in [-0.3, -0.25) is 9.59 Å². The fourth-order valence-electron chi connectivity index (χ4n) is 3.54. The molecular weight excluding hydrogens is 482 g/mol. The zero-order chi connectivity index (χ0) is 22.6. The minimum Gasteiger partial charge on any atom is -0.369 e. The number of nitrogens with zero attached hydrogens (tertiary/aromatic N) is 2. The summed E-state index contributed by atoms with van der Waals surface area (Å²) in [4.78, 5) is 26.1. The fourth-order valence-corrected chi connectivity index (χ4v) is 5.18. The van der Waals surface area contributed by atoms with Gasteiger partial charge in [0.15, 0.2) is 0 Å². The first kappa shape index (κ1) is 23.4. The summed E-state index contributed by atoms with van der Waals surface area (Å²) < 4.78 is 28.8. The quantitative estimate of drug-likeness (QED) is 0.622. The molecule has 0 aliphatic carbocycles. The summed E-state index contributed by atoms with van der Waals surface area (Å²) in [5.41, 5.74) is 7.09. The molecule has 1 aliphatic rings. The Hall–Kier alpha value is -2.23. The summed E-state index contributed by atoms with van der Waals surface area (Å²) in [6, 6.07) is 13.9. The van der Waals surface area contributed by atoms with Gasteiger partial charge in [-0.25, -0.2) is 8.42 Å². The van der Waals surface area contributed by atoms with E-state index in [0.29, 0.717) is 25.9 Å². The molecule has 2 aromatic rings. The van der Waals surface area contributed by atoms with Crippen molar-refractivity contribution in [2.75, 3.05) is 19.6 Å². The summed E-state index contributed by atoms with van der Waals surface area (Å²) in [5, 5.41) is 0. The van der Waals surface area contributed by atoms with Crippen LogP contribution in [0.1, 0.15) is 24.0 Å². The second-order valence-electron chi connectivity index (χ2n) is 7.77. The number of carbonyl (C=O) groups excluding carboxylic acids is 2. The predicted octanol–water partition coefficient (Wildman–Crippen LogP) is 2.67. The van der Waals surface area contributed by atoms with Gasteiger partial charge < -0.3 is 10.6 Å². The summed E-state index contributed by atoms with van der Waals surface area (Å²) in [6.07, 6.45) is 0.997. The maximum Gasteiger partial charge on any atom is 0.243 e. The van der Waals surface area contributed by atoms with Crippen LogP contribution < -0.4 is 5.73 Å². The van der Waals surface area contributed by atoms with Gasteiger partial charge in [0.2, 0.25) is 21.8 Å². The molecule has 7 nitrogen and oxygen atoms in total. The van der Waals surface area contributed by atoms with E-state index in [4.69, 9.17) is 5.73 Å². The predicted molar refractivity (Wildman–Crippen MR) is 121 cm³/mol. The van der Waals surface area contributed by atoms with Crippen molar-refractivity contribution < 1.29 is 18.0 Å². The number of rotatable bonds is 7. The average Bonchev–Trinajstić information content (AvgIpc) is 2.75. The molecule has 31 heavy (non-hydrogen) atoms. The fraction of sp³-hybridized carbons (Fsp3) is 0.364. The number of aryl methyl sites for hydroxylation is 1. The van der Waals surface area contributed by atoms with Gasteiger partial charge >= 0.3 is 0 Å². The number of halogens is 1. The lowest BCUT2D eigenvalue weighted by molar-refractivity contribution is -0.135. The van der Waals surface area contributed by atoms with Crippen molar-refractivity contribution in [1.82, 2.24) is 9.21 Å². The molecule has 1 heterocycles. The van der Waals surface area contributed by atoms with Crippen LogP contribution in [-0.2, 0) is 26.2 Å². The van der Waals surface area contributed by atoms with Crippen molar-refractivity contribution in [3.63, 3.8) is 0 Å². The zero-order valence-electron chi connectivity index (χ0n) is 17.3. The van der Waals surface area contributed by atoms with E-state index in [1.165, 1.54) is 4.31 Å². The van der Waals surface area contributed by atoms with Crippen molar-refractivity contribution in [3.8, 4) is 0 Å². The third-order valence-corrected chi connectivity index (χ3v) is 7.83. The van der Waals surface area contributed by atoms with E-state index >= 15 is 0 Å². The molecule has 0 radical (unpaired) electrons. The molecule has 9 heteroatoms. The molecule has 0 aromatic heterocycles. The zero-order valence-corrected chi connectivity index (χ0v) is 19.7. The molecular formula is C22H26BrN3O4S. The molecule has 2 amide bonds. The lowest BCUT2D eigenvalue weighted by atomic mass is 9.96. The molecule has 1 aliphatic heterocycles. The second kappa shape index (κ2) is 9.93. The summed E-state index contributed by atoms with van der Waals surface area (Å²) >= 11 is 3.38. The number of nitrogens with two attached hydrogens (primary N) is 1. The third kappa shape index (κ3) is 5.93. The molecule has 0 saturated carbocycles. The van der Waals surface area contributed by atoms with Crippen LogP contribution in [-0.4, -0.2) is 49.1 Å². The van der Waals surface area contributed by atoms with E-state index in [-0.39, 0.29) is 35.7 Å².